The molecule has 6 nitrogen and oxygen atoms in total. The maximum Gasteiger partial charge on any atom is 0.207 e. The fourth-order valence-electron chi connectivity index (χ4n) is 4.67. The van der Waals surface area contributed by atoms with Crippen molar-refractivity contribution in [3.8, 4) is 23.0 Å². The minimum Gasteiger partial charge on any atom is -0.493 e. The van der Waals surface area contributed by atoms with Crippen LogP contribution in [0.2, 0.25) is 0 Å². The topological polar surface area (TPSA) is 71.1 Å². The molecule has 0 N–H and O–H groups in total. The van der Waals surface area contributed by atoms with E-state index in [2.05, 4.69) is 44.0 Å². The first-order valence-corrected chi connectivity index (χ1v) is 19.3. The van der Waals surface area contributed by atoms with Crippen LogP contribution in [0.15, 0.2) is 174 Å². The van der Waals surface area contributed by atoms with Gasteiger partial charge in [0.15, 0.2) is 23.0 Å². The van der Waals surface area contributed by atoms with Crippen LogP contribution in [-0.2, 0) is 23.1 Å². The molecule has 0 radical (unpaired) electrons. The number of ether oxygens (including phenoxy) is 4. The van der Waals surface area contributed by atoms with Gasteiger partial charge in [-0.2, -0.15) is 0 Å². The lowest BCUT2D eigenvalue weighted by atomic mass is 10.2. The van der Waals surface area contributed by atoms with Crippen molar-refractivity contribution in [3.05, 3.63) is 166 Å². The number of hydrogen-bond acceptors (Lipinski definition) is 7. The SMILES string of the molecule is COc1cc(S(=O)(=O)c2ccccc2)c(Br)cc1OCc1ccccc1.COc1cc(Sc2ccccc2)c(Br)cc1OCc1ccccc1. The highest BCUT2D eigenvalue weighted by Crippen LogP contribution is 2.41. The first kappa shape index (κ1) is 37.0. The second kappa shape index (κ2) is 18.1. The maximum absolute atomic E-state index is 12.9. The molecule has 0 aliphatic heterocycles. The average Bonchev–Trinajstić information content (AvgIpc) is 3.15. The van der Waals surface area contributed by atoms with Crippen LogP contribution in [-0.4, -0.2) is 22.6 Å². The van der Waals surface area contributed by atoms with Crippen molar-refractivity contribution in [2.24, 2.45) is 0 Å². The molecule has 0 saturated carbocycles. The molecule has 0 aliphatic rings. The Morgan fingerprint density at radius 3 is 1.48 bits per heavy atom. The lowest BCUT2D eigenvalue weighted by Crippen LogP contribution is -2.05. The molecule has 0 amide bonds. The fraction of sp³-hybridized carbons (Fsp3) is 0.100. The predicted octanol–water partition coefficient (Wildman–Crippen LogP) is 11.1. The summed E-state index contributed by atoms with van der Waals surface area (Å²) in [6, 6.07) is 45.4. The quantitative estimate of drug-likeness (QED) is 0.122. The van der Waals surface area contributed by atoms with Crippen LogP contribution in [0.4, 0.5) is 0 Å². The van der Waals surface area contributed by atoms with E-state index in [-0.39, 0.29) is 9.79 Å². The molecule has 0 fully saturated rings. The van der Waals surface area contributed by atoms with Crippen molar-refractivity contribution in [1.82, 2.24) is 0 Å². The number of methoxy groups -OCH3 is 2. The van der Waals surface area contributed by atoms with Gasteiger partial charge in [0.25, 0.3) is 0 Å². The Balaban J connectivity index is 0.000000195. The van der Waals surface area contributed by atoms with E-state index < -0.39 is 9.84 Å². The van der Waals surface area contributed by atoms with Gasteiger partial charge in [-0.25, -0.2) is 8.42 Å². The van der Waals surface area contributed by atoms with Gasteiger partial charge in [-0.05, 0) is 85.5 Å². The molecule has 0 atom stereocenters. The molecule has 0 unspecified atom stereocenters. The number of halogens is 2. The summed E-state index contributed by atoms with van der Waals surface area (Å²) in [6.07, 6.45) is 0. The van der Waals surface area contributed by atoms with Crippen LogP contribution in [0.5, 0.6) is 23.0 Å². The number of rotatable bonds is 12. The Morgan fingerprint density at radius 2 is 0.980 bits per heavy atom. The van der Waals surface area contributed by atoms with Crippen LogP contribution < -0.4 is 18.9 Å². The van der Waals surface area contributed by atoms with E-state index in [1.165, 1.54) is 18.1 Å². The molecule has 10 heteroatoms. The van der Waals surface area contributed by atoms with Crippen LogP contribution in [0.3, 0.4) is 0 Å². The fourth-order valence-corrected chi connectivity index (χ4v) is 8.42. The Morgan fingerprint density at radius 1 is 0.540 bits per heavy atom. The van der Waals surface area contributed by atoms with Gasteiger partial charge in [-0.1, -0.05) is 109 Å². The lowest BCUT2D eigenvalue weighted by molar-refractivity contribution is 0.283. The van der Waals surface area contributed by atoms with E-state index in [0.717, 1.165) is 32.0 Å². The molecule has 6 aromatic carbocycles. The third-order valence-corrected chi connectivity index (χ3v) is 11.9. The molecule has 0 aliphatic carbocycles. The first-order valence-electron chi connectivity index (χ1n) is 15.4. The second-order valence-corrected chi connectivity index (χ2v) is 15.4. The number of sulfone groups is 1. The summed E-state index contributed by atoms with van der Waals surface area (Å²) < 4.78 is 49.8. The zero-order valence-electron chi connectivity index (χ0n) is 27.3. The predicted molar refractivity (Wildman–Crippen MR) is 205 cm³/mol. The van der Waals surface area contributed by atoms with Gasteiger partial charge < -0.3 is 18.9 Å². The molecule has 0 saturated heterocycles. The normalized spacial score (nSPS) is 10.8. The summed E-state index contributed by atoms with van der Waals surface area (Å²) in [4.78, 5) is 2.62. The molecular formula is C40H34Br2O6S2. The van der Waals surface area contributed by atoms with E-state index in [0.29, 0.717) is 29.2 Å². The summed E-state index contributed by atoms with van der Waals surface area (Å²) in [6.45, 7) is 0.864. The molecule has 256 valence electrons. The van der Waals surface area contributed by atoms with E-state index in [1.807, 2.05) is 91.0 Å². The lowest BCUT2D eigenvalue weighted by Gasteiger charge is -2.14. The zero-order chi connectivity index (χ0) is 35.3. The van der Waals surface area contributed by atoms with Crippen LogP contribution >= 0.6 is 43.6 Å². The smallest absolute Gasteiger partial charge is 0.207 e. The van der Waals surface area contributed by atoms with E-state index in [1.54, 1.807) is 55.3 Å². The zero-order valence-corrected chi connectivity index (χ0v) is 32.1. The third-order valence-electron chi connectivity index (χ3n) is 7.22. The van der Waals surface area contributed by atoms with Gasteiger partial charge in [0.1, 0.15) is 13.2 Å². The molecular weight excluding hydrogens is 800 g/mol. The Hall–Kier alpha value is -4.22. The summed E-state index contributed by atoms with van der Waals surface area (Å²) in [7, 11) is -0.523. The summed E-state index contributed by atoms with van der Waals surface area (Å²) >= 11 is 8.68. The highest BCUT2D eigenvalue weighted by molar-refractivity contribution is 9.10. The first-order chi connectivity index (χ1) is 24.3. The van der Waals surface area contributed by atoms with Crippen molar-refractivity contribution in [2.75, 3.05) is 14.2 Å². The number of hydrogen-bond donors (Lipinski definition) is 0. The van der Waals surface area contributed by atoms with Crippen molar-refractivity contribution in [3.63, 3.8) is 0 Å². The second-order valence-electron chi connectivity index (χ2n) is 10.6. The molecule has 0 aromatic heterocycles. The van der Waals surface area contributed by atoms with Crippen molar-refractivity contribution in [1.29, 1.82) is 0 Å². The standard InChI is InChI=1S/C20H17BrO4S.C20H17BrO2S/c1-24-18-13-20(26(22,23)16-10-6-3-7-11-16)17(21)12-19(18)25-14-15-8-4-2-5-9-15;1-22-18-13-20(24-16-10-6-3-7-11-16)17(21)12-19(18)23-14-15-8-4-2-5-9-15/h2-13H,14H2,1H3;2-13H,14H2,1H3. The minimum atomic E-state index is -3.67. The molecule has 0 spiro atoms. The summed E-state index contributed by atoms with van der Waals surface area (Å²) in [5.74, 6) is 2.28. The molecule has 50 heavy (non-hydrogen) atoms. The largest absolute Gasteiger partial charge is 0.493 e. The van der Waals surface area contributed by atoms with Gasteiger partial charge >= 0.3 is 0 Å². The molecule has 0 bridgehead atoms. The van der Waals surface area contributed by atoms with Gasteiger partial charge in [-0.3, -0.25) is 0 Å². The van der Waals surface area contributed by atoms with Gasteiger partial charge in [-0.15, -0.1) is 0 Å². The van der Waals surface area contributed by atoms with Gasteiger partial charge in [0.2, 0.25) is 9.84 Å². The Kier molecular flexibility index (Phi) is 13.4. The van der Waals surface area contributed by atoms with Crippen molar-refractivity contribution < 1.29 is 27.4 Å². The Labute approximate surface area is 314 Å². The molecule has 0 heterocycles. The minimum absolute atomic E-state index is 0.132. The van der Waals surface area contributed by atoms with Crippen LogP contribution in [0.25, 0.3) is 0 Å². The van der Waals surface area contributed by atoms with E-state index in [9.17, 15) is 8.42 Å². The maximum atomic E-state index is 12.9. The molecule has 6 rings (SSSR count). The average molecular weight is 835 g/mol. The van der Waals surface area contributed by atoms with Crippen LogP contribution in [0, 0.1) is 0 Å². The van der Waals surface area contributed by atoms with Gasteiger partial charge in [0, 0.05) is 24.8 Å². The monoisotopic (exact) mass is 832 g/mol. The highest BCUT2D eigenvalue weighted by Gasteiger charge is 2.23. The number of benzene rings is 6. The van der Waals surface area contributed by atoms with Crippen molar-refractivity contribution >= 4 is 53.5 Å². The Bertz CT molecular complexity index is 2080. The molecule has 6 aromatic rings. The van der Waals surface area contributed by atoms with Gasteiger partial charge in [0.05, 0.1) is 24.0 Å². The van der Waals surface area contributed by atoms with E-state index >= 15 is 0 Å². The third kappa shape index (κ3) is 9.94. The van der Waals surface area contributed by atoms with Crippen LogP contribution in [0.1, 0.15) is 11.1 Å². The highest BCUT2D eigenvalue weighted by atomic mass is 79.9. The van der Waals surface area contributed by atoms with Crippen molar-refractivity contribution in [2.45, 2.75) is 32.8 Å². The van der Waals surface area contributed by atoms with E-state index in [4.69, 9.17) is 18.9 Å². The summed E-state index contributed by atoms with van der Waals surface area (Å²) in [5.41, 5.74) is 2.13. The summed E-state index contributed by atoms with van der Waals surface area (Å²) in [5, 5.41) is 0.